The summed E-state index contributed by atoms with van der Waals surface area (Å²) in [7, 11) is 0. The summed E-state index contributed by atoms with van der Waals surface area (Å²) in [6, 6.07) is 2.35. The van der Waals surface area contributed by atoms with E-state index in [1.165, 1.54) is 6.07 Å². The van der Waals surface area contributed by atoms with Crippen molar-refractivity contribution in [2.45, 2.75) is 32.1 Å². The average Bonchev–Trinajstić information content (AvgIpc) is 2.78. The summed E-state index contributed by atoms with van der Waals surface area (Å²) in [4.78, 5) is 12.0. The van der Waals surface area contributed by atoms with Crippen molar-refractivity contribution < 1.29 is 13.6 Å². The van der Waals surface area contributed by atoms with Crippen LogP contribution >= 0.6 is 15.9 Å². The van der Waals surface area contributed by atoms with Gasteiger partial charge in [-0.3, -0.25) is 4.79 Å². The third-order valence-electron chi connectivity index (χ3n) is 3.28. The maximum atomic E-state index is 13.3. The number of ketones is 1. The van der Waals surface area contributed by atoms with Crippen LogP contribution in [0, 0.1) is 17.6 Å². The molecule has 0 radical (unpaired) electrons. The van der Waals surface area contributed by atoms with E-state index in [1.54, 1.807) is 0 Å². The first kappa shape index (κ1) is 12.7. The van der Waals surface area contributed by atoms with Crippen LogP contribution in [0.4, 0.5) is 8.78 Å². The molecule has 0 aliphatic heterocycles. The minimum Gasteiger partial charge on any atom is -0.294 e. The summed E-state index contributed by atoms with van der Waals surface area (Å²) in [6.07, 6.45) is 4.89. The quantitative estimate of drug-likeness (QED) is 0.594. The molecule has 1 nitrogen and oxygen atoms in total. The third-order valence-corrected chi connectivity index (χ3v) is 4.06. The number of rotatable bonds is 3. The molecule has 0 bridgehead atoms. The van der Waals surface area contributed by atoms with Gasteiger partial charge in [-0.25, -0.2) is 8.78 Å². The molecule has 2 rings (SSSR count). The first-order valence-electron chi connectivity index (χ1n) is 5.76. The van der Waals surface area contributed by atoms with Gasteiger partial charge in [-0.2, -0.15) is 0 Å². The summed E-state index contributed by atoms with van der Waals surface area (Å²) in [5.74, 6) is -1.62. The number of halogens is 3. The van der Waals surface area contributed by atoms with E-state index >= 15 is 0 Å². The van der Waals surface area contributed by atoms with Crippen molar-refractivity contribution in [2.75, 3.05) is 0 Å². The second kappa shape index (κ2) is 5.25. The lowest BCUT2D eigenvalue weighted by atomic mass is 9.97. The largest absolute Gasteiger partial charge is 0.294 e. The van der Waals surface area contributed by atoms with Gasteiger partial charge in [0.25, 0.3) is 0 Å². The maximum absolute atomic E-state index is 13.3. The van der Waals surface area contributed by atoms with E-state index in [4.69, 9.17) is 0 Å². The van der Waals surface area contributed by atoms with E-state index < -0.39 is 11.6 Å². The first-order chi connectivity index (χ1) is 8.09. The Morgan fingerprint density at radius 3 is 2.59 bits per heavy atom. The molecule has 1 aliphatic rings. The first-order valence-corrected chi connectivity index (χ1v) is 6.55. The van der Waals surface area contributed by atoms with Crippen LogP contribution in [0.1, 0.15) is 42.5 Å². The Kier molecular flexibility index (Phi) is 3.92. The number of benzene rings is 1. The number of Topliss-reactive ketones (excluding diaryl/α,β-unsaturated/α-hetero) is 1. The van der Waals surface area contributed by atoms with Crippen LogP contribution < -0.4 is 0 Å². The third kappa shape index (κ3) is 2.73. The highest BCUT2D eigenvalue weighted by molar-refractivity contribution is 9.10. The number of hydrogen-bond donors (Lipinski definition) is 0. The molecule has 0 N–H and O–H groups in total. The van der Waals surface area contributed by atoms with Crippen LogP contribution in [0.2, 0.25) is 0 Å². The van der Waals surface area contributed by atoms with Gasteiger partial charge in [-0.05, 0) is 34.0 Å². The zero-order chi connectivity index (χ0) is 12.4. The van der Waals surface area contributed by atoms with Gasteiger partial charge in [0, 0.05) is 12.0 Å². The van der Waals surface area contributed by atoms with Crippen molar-refractivity contribution >= 4 is 21.7 Å². The van der Waals surface area contributed by atoms with E-state index in [2.05, 4.69) is 15.9 Å². The molecule has 0 atom stereocenters. The zero-order valence-corrected chi connectivity index (χ0v) is 10.9. The van der Waals surface area contributed by atoms with Crippen LogP contribution in [0.3, 0.4) is 0 Å². The van der Waals surface area contributed by atoms with Gasteiger partial charge in [-0.1, -0.05) is 25.7 Å². The van der Waals surface area contributed by atoms with E-state index in [0.29, 0.717) is 12.3 Å². The minimum absolute atomic E-state index is 0.0551. The Hall–Kier alpha value is -0.770. The van der Waals surface area contributed by atoms with Crippen LogP contribution in [0.5, 0.6) is 0 Å². The fraction of sp³-hybridized carbons (Fsp3) is 0.462. The molecule has 1 aromatic rings. The average molecular weight is 303 g/mol. The molecule has 1 aromatic carbocycles. The number of hydrogen-bond acceptors (Lipinski definition) is 1. The highest BCUT2D eigenvalue weighted by Gasteiger charge is 2.22. The van der Waals surface area contributed by atoms with Crippen molar-refractivity contribution in [1.29, 1.82) is 0 Å². The van der Waals surface area contributed by atoms with Gasteiger partial charge in [0.15, 0.2) is 17.4 Å². The lowest BCUT2D eigenvalue weighted by molar-refractivity contribution is 0.0960. The summed E-state index contributed by atoms with van der Waals surface area (Å²) < 4.78 is 26.1. The van der Waals surface area contributed by atoms with Crippen LogP contribution in [0.25, 0.3) is 0 Å². The molecule has 1 aliphatic carbocycles. The van der Waals surface area contributed by atoms with Crippen molar-refractivity contribution in [3.63, 3.8) is 0 Å². The molecule has 1 saturated carbocycles. The standard InChI is InChI=1S/C13H13BrF2O/c14-12-9(5-6-10(15)13(12)16)11(17)7-8-3-1-2-4-8/h5-6,8H,1-4,7H2. The van der Waals surface area contributed by atoms with Gasteiger partial charge in [0.2, 0.25) is 0 Å². The Morgan fingerprint density at radius 2 is 1.94 bits per heavy atom. The normalized spacial score (nSPS) is 16.4. The molecular weight excluding hydrogens is 290 g/mol. The topological polar surface area (TPSA) is 17.1 Å². The predicted molar refractivity (Wildman–Crippen MR) is 65.0 cm³/mol. The van der Waals surface area contributed by atoms with E-state index in [1.807, 2.05) is 0 Å². The smallest absolute Gasteiger partial charge is 0.173 e. The van der Waals surface area contributed by atoms with Gasteiger partial charge in [-0.15, -0.1) is 0 Å². The summed E-state index contributed by atoms with van der Waals surface area (Å²) >= 11 is 2.95. The Bertz CT molecular complexity index is 439. The molecule has 4 heteroatoms. The second-order valence-corrected chi connectivity index (χ2v) is 5.29. The van der Waals surface area contributed by atoms with Crippen LogP contribution in [0.15, 0.2) is 16.6 Å². The molecule has 0 heterocycles. The zero-order valence-electron chi connectivity index (χ0n) is 9.31. The van der Waals surface area contributed by atoms with Crippen LogP contribution in [-0.2, 0) is 0 Å². The molecule has 1 fully saturated rings. The minimum atomic E-state index is -0.984. The van der Waals surface area contributed by atoms with E-state index in [0.717, 1.165) is 31.7 Å². The van der Waals surface area contributed by atoms with Crippen molar-refractivity contribution in [3.8, 4) is 0 Å². The lowest BCUT2D eigenvalue weighted by Gasteiger charge is -2.09. The molecule has 0 unspecified atom stereocenters. The van der Waals surface area contributed by atoms with Crippen LogP contribution in [-0.4, -0.2) is 5.78 Å². The molecular formula is C13H13BrF2O. The molecule has 0 aromatic heterocycles. The maximum Gasteiger partial charge on any atom is 0.173 e. The Morgan fingerprint density at radius 1 is 1.29 bits per heavy atom. The Balaban J connectivity index is 2.16. The van der Waals surface area contributed by atoms with E-state index in [-0.39, 0.29) is 15.8 Å². The van der Waals surface area contributed by atoms with Gasteiger partial charge in [0.05, 0.1) is 4.47 Å². The SMILES string of the molecule is O=C(CC1CCCC1)c1ccc(F)c(F)c1Br. The summed E-state index contributed by atoms with van der Waals surface area (Å²) in [5.41, 5.74) is 0.246. The lowest BCUT2D eigenvalue weighted by Crippen LogP contribution is -2.08. The molecule has 0 saturated heterocycles. The molecule has 0 amide bonds. The van der Waals surface area contributed by atoms with Gasteiger partial charge >= 0.3 is 0 Å². The highest BCUT2D eigenvalue weighted by atomic mass is 79.9. The fourth-order valence-corrected chi connectivity index (χ4v) is 2.87. The van der Waals surface area contributed by atoms with Crippen molar-refractivity contribution in [1.82, 2.24) is 0 Å². The van der Waals surface area contributed by atoms with Crippen molar-refractivity contribution in [3.05, 3.63) is 33.8 Å². The Labute approximate surface area is 107 Å². The van der Waals surface area contributed by atoms with Gasteiger partial charge < -0.3 is 0 Å². The fourth-order valence-electron chi connectivity index (χ4n) is 2.33. The monoisotopic (exact) mass is 302 g/mol. The van der Waals surface area contributed by atoms with E-state index in [9.17, 15) is 13.6 Å². The highest BCUT2D eigenvalue weighted by Crippen LogP contribution is 2.31. The summed E-state index contributed by atoms with van der Waals surface area (Å²) in [6.45, 7) is 0. The number of carbonyl (C=O) groups excluding carboxylic acids is 1. The van der Waals surface area contributed by atoms with Gasteiger partial charge in [0.1, 0.15) is 0 Å². The predicted octanol–water partition coefficient (Wildman–Crippen LogP) is 4.49. The van der Waals surface area contributed by atoms with Crippen molar-refractivity contribution in [2.24, 2.45) is 5.92 Å². The molecule has 0 spiro atoms. The second-order valence-electron chi connectivity index (χ2n) is 4.50. The number of carbonyl (C=O) groups is 1. The molecule has 17 heavy (non-hydrogen) atoms. The molecule has 92 valence electrons. The summed E-state index contributed by atoms with van der Waals surface area (Å²) in [5, 5.41) is 0.